The average Bonchev–Trinajstić information content (AvgIpc) is 3.40. The van der Waals surface area contributed by atoms with E-state index in [-0.39, 0.29) is 17.8 Å². The van der Waals surface area contributed by atoms with Crippen LogP contribution in [0.5, 0.6) is 0 Å². The van der Waals surface area contributed by atoms with Crippen LogP contribution in [0.1, 0.15) is 39.6 Å². The van der Waals surface area contributed by atoms with Gasteiger partial charge >= 0.3 is 0 Å². The van der Waals surface area contributed by atoms with Gasteiger partial charge in [-0.3, -0.25) is 15.6 Å². The number of hydrogen-bond donors (Lipinski definition) is 2. The van der Waals surface area contributed by atoms with Crippen LogP contribution < -0.4 is 0 Å². The number of aryl methyl sites for hydroxylation is 2. The van der Waals surface area contributed by atoms with Gasteiger partial charge in [0.1, 0.15) is 11.7 Å². The van der Waals surface area contributed by atoms with Crippen LogP contribution in [0.15, 0.2) is 24.3 Å². The number of hydrogen-bond acceptors (Lipinski definition) is 6. The molecular weight excluding hydrogens is 360 g/mol. The highest BCUT2D eigenvalue weighted by molar-refractivity contribution is 7.07. The number of aromatic nitrogens is 2. The van der Waals surface area contributed by atoms with Gasteiger partial charge in [-0.2, -0.15) is 4.37 Å². The van der Waals surface area contributed by atoms with Crippen LogP contribution in [-0.4, -0.2) is 55.9 Å². The van der Waals surface area contributed by atoms with Gasteiger partial charge < -0.3 is 9.80 Å². The molecule has 27 heavy (non-hydrogen) atoms. The number of nitrogens with zero attached hydrogens (tertiary/aromatic N) is 4. The SMILES string of the molecule is Cc1ccc(C(=O)N2CCN(C(=N)c3nc(C)ns3)C(=N)C2C2CC2)cc1. The second-order valence-corrected chi connectivity index (χ2v) is 7.93. The summed E-state index contributed by atoms with van der Waals surface area (Å²) in [6.45, 7) is 4.72. The highest BCUT2D eigenvalue weighted by Crippen LogP contribution is 2.38. The van der Waals surface area contributed by atoms with Crippen molar-refractivity contribution in [1.82, 2.24) is 19.2 Å². The third-order valence-electron chi connectivity index (χ3n) is 5.10. The average molecular weight is 382 g/mol. The molecule has 1 aliphatic heterocycles. The van der Waals surface area contributed by atoms with Crippen molar-refractivity contribution in [3.63, 3.8) is 0 Å². The van der Waals surface area contributed by atoms with Gasteiger partial charge in [-0.25, -0.2) is 4.98 Å². The van der Waals surface area contributed by atoms with E-state index in [1.807, 2.05) is 36.1 Å². The fourth-order valence-corrected chi connectivity index (χ4v) is 4.12. The molecule has 2 fully saturated rings. The van der Waals surface area contributed by atoms with Gasteiger partial charge in [-0.1, -0.05) is 17.7 Å². The molecule has 2 heterocycles. The molecule has 140 valence electrons. The summed E-state index contributed by atoms with van der Waals surface area (Å²) in [5.41, 5.74) is 1.77. The lowest BCUT2D eigenvalue weighted by Crippen LogP contribution is -2.60. The number of amidine groups is 2. The van der Waals surface area contributed by atoms with E-state index in [0.29, 0.717) is 41.2 Å². The second kappa shape index (κ2) is 6.84. The molecule has 7 nitrogen and oxygen atoms in total. The predicted molar refractivity (Wildman–Crippen MR) is 105 cm³/mol. The molecule has 2 aliphatic rings. The first-order chi connectivity index (χ1) is 13.0. The van der Waals surface area contributed by atoms with Crippen LogP contribution in [0, 0.1) is 30.6 Å². The van der Waals surface area contributed by atoms with Gasteiger partial charge in [0.15, 0.2) is 10.8 Å². The van der Waals surface area contributed by atoms with Crippen molar-refractivity contribution in [2.45, 2.75) is 32.7 Å². The monoisotopic (exact) mass is 382 g/mol. The van der Waals surface area contributed by atoms with Gasteiger partial charge in [0.2, 0.25) is 0 Å². The van der Waals surface area contributed by atoms with E-state index in [2.05, 4.69) is 9.36 Å². The molecule has 1 aromatic carbocycles. The Hall–Kier alpha value is -2.61. The number of carbonyl (C=O) groups is 1. The summed E-state index contributed by atoms with van der Waals surface area (Å²) < 4.78 is 4.14. The van der Waals surface area contributed by atoms with Crippen molar-refractivity contribution in [1.29, 1.82) is 10.8 Å². The van der Waals surface area contributed by atoms with Gasteiger partial charge in [-0.05, 0) is 56.3 Å². The quantitative estimate of drug-likeness (QED) is 0.630. The third kappa shape index (κ3) is 3.37. The summed E-state index contributed by atoms with van der Waals surface area (Å²) in [5.74, 6) is 1.44. The van der Waals surface area contributed by atoms with E-state index in [1.54, 1.807) is 11.8 Å². The van der Waals surface area contributed by atoms with Crippen LogP contribution in [-0.2, 0) is 0 Å². The molecule has 1 amide bonds. The summed E-state index contributed by atoms with van der Waals surface area (Å²) in [4.78, 5) is 20.9. The molecule has 0 radical (unpaired) electrons. The summed E-state index contributed by atoms with van der Waals surface area (Å²) in [6, 6.07) is 7.30. The van der Waals surface area contributed by atoms with Crippen LogP contribution >= 0.6 is 11.5 Å². The molecule has 2 N–H and O–H groups in total. The van der Waals surface area contributed by atoms with Gasteiger partial charge in [0.25, 0.3) is 5.91 Å². The molecule has 4 rings (SSSR count). The Morgan fingerprint density at radius 2 is 1.89 bits per heavy atom. The fraction of sp³-hybridized carbons (Fsp3) is 0.421. The normalized spacial score (nSPS) is 20.1. The Bertz CT molecular complexity index is 901. The molecule has 2 aromatic rings. The van der Waals surface area contributed by atoms with Crippen LogP contribution in [0.4, 0.5) is 0 Å². The van der Waals surface area contributed by atoms with Crippen molar-refractivity contribution in [3.05, 3.63) is 46.2 Å². The summed E-state index contributed by atoms with van der Waals surface area (Å²) in [5, 5.41) is 17.7. The van der Waals surface area contributed by atoms with Crippen LogP contribution in [0.2, 0.25) is 0 Å². The minimum atomic E-state index is -0.276. The zero-order chi connectivity index (χ0) is 19.1. The van der Waals surface area contributed by atoms with Crippen molar-refractivity contribution in [2.24, 2.45) is 5.92 Å². The standard InChI is InChI=1S/C19H22N6OS/c1-11-3-5-14(6-4-11)19(26)24-9-10-25(16(20)15(24)13-7-8-13)17(21)18-22-12(2)23-27-18/h3-6,13,15,20-21H,7-10H2,1-2H3. The largest absolute Gasteiger partial charge is 0.326 e. The molecule has 0 spiro atoms. The van der Waals surface area contributed by atoms with Crippen molar-refractivity contribution < 1.29 is 4.79 Å². The smallest absolute Gasteiger partial charge is 0.254 e. The highest BCUT2D eigenvalue weighted by atomic mass is 32.1. The number of amides is 1. The van der Waals surface area contributed by atoms with Crippen LogP contribution in [0.25, 0.3) is 0 Å². The van der Waals surface area contributed by atoms with Crippen LogP contribution in [0.3, 0.4) is 0 Å². The first-order valence-electron chi connectivity index (χ1n) is 9.08. The zero-order valence-corrected chi connectivity index (χ0v) is 16.2. The maximum absolute atomic E-state index is 13.1. The lowest BCUT2D eigenvalue weighted by atomic mass is 10.0. The molecule has 1 saturated carbocycles. The first-order valence-corrected chi connectivity index (χ1v) is 9.86. The number of carbonyl (C=O) groups excluding carboxylic acids is 1. The Morgan fingerprint density at radius 3 is 2.48 bits per heavy atom. The Kier molecular flexibility index (Phi) is 4.51. The van der Waals surface area contributed by atoms with E-state index < -0.39 is 0 Å². The molecular formula is C19H22N6OS. The van der Waals surface area contributed by atoms with E-state index >= 15 is 0 Å². The summed E-state index contributed by atoms with van der Waals surface area (Å²) >= 11 is 1.18. The topological polar surface area (TPSA) is 97.0 Å². The van der Waals surface area contributed by atoms with Gasteiger partial charge in [-0.15, -0.1) is 0 Å². The van der Waals surface area contributed by atoms with E-state index in [9.17, 15) is 4.79 Å². The van der Waals surface area contributed by atoms with Crippen molar-refractivity contribution >= 4 is 29.1 Å². The molecule has 0 bridgehead atoms. The number of piperazine rings is 1. The lowest BCUT2D eigenvalue weighted by Gasteiger charge is -2.42. The summed E-state index contributed by atoms with van der Waals surface area (Å²) in [7, 11) is 0. The van der Waals surface area contributed by atoms with E-state index in [1.165, 1.54) is 11.5 Å². The van der Waals surface area contributed by atoms with E-state index in [0.717, 1.165) is 18.4 Å². The Morgan fingerprint density at radius 1 is 1.19 bits per heavy atom. The van der Waals surface area contributed by atoms with E-state index in [4.69, 9.17) is 10.8 Å². The Balaban J connectivity index is 1.58. The predicted octanol–water partition coefficient (Wildman–Crippen LogP) is 2.69. The highest BCUT2D eigenvalue weighted by Gasteiger charge is 2.45. The third-order valence-corrected chi connectivity index (χ3v) is 5.91. The minimum Gasteiger partial charge on any atom is -0.326 e. The second-order valence-electron chi connectivity index (χ2n) is 7.18. The molecule has 1 aromatic heterocycles. The maximum atomic E-state index is 13.1. The van der Waals surface area contributed by atoms with Gasteiger partial charge in [0, 0.05) is 18.7 Å². The zero-order valence-electron chi connectivity index (χ0n) is 15.4. The summed E-state index contributed by atoms with van der Waals surface area (Å²) in [6.07, 6.45) is 2.04. The molecule has 1 unspecified atom stereocenters. The van der Waals surface area contributed by atoms with Gasteiger partial charge in [0.05, 0.1) is 6.04 Å². The van der Waals surface area contributed by atoms with Crippen molar-refractivity contribution in [2.75, 3.05) is 13.1 Å². The molecule has 1 saturated heterocycles. The first kappa shape index (κ1) is 17.8. The molecule has 1 atom stereocenters. The van der Waals surface area contributed by atoms with Crippen molar-refractivity contribution in [3.8, 4) is 0 Å². The number of benzene rings is 1. The lowest BCUT2D eigenvalue weighted by molar-refractivity contribution is 0.0669. The number of nitrogens with one attached hydrogen (secondary N) is 2. The minimum absolute atomic E-state index is 0.0328. The molecule has 8 heteroatoms. The number of rotatable bonds is 3. The molecule has 1 aliphatic carbocycles. The maximum Gasteiger partial charge on any atom is 0.254 e. The Labute approximate surface area is 162 Å². The fourth-order valence-electron chi connectivity index (χ4n) is 3.50.